The smallest absolute Gasteiger partial charge is 0.128 e. The summed E-state index contributed by atoms with van der Waals surface area (Å²) in [5, 5.41) is 0. The molecule has 0 radical (unpaired) electrons. The first kappa shape index (κ1) is 12.9. The van der Waals surface area contributed by atoms with E-state index >= 15 is 0 Å². The molecule has 2 heterocycles. The van der Waals surface area contributed by atoms with Gasteiger partial charge in [-0.05, 0) is 38.6 Å². The van der Waals surface area contributed by atoms with Crippen molar-refractivity contribution in [2.45, 2.75) is 25.3 Å². The van der Waals surface area contributed by atoms with Gasteiger partial charge in [0.15, 0.2) is 0 Å². The van der Waals surface area contributed by atoms with Crippen molar-refractivity contribution in [3.63, 3.8) is 0 Å². The second-order valence-corrected chi connectivity index (χ2v) is 5.59. The molecule has 1 atom stereocenters. The van der Waals surface area contributed by atoms with Gasteiger partial charge in [-0.2, -0.15) is 0 Å². The summed E-state index contributed by atoms with van der Waals surface area (Å²) in [6.07, 6.45) is 1.09. The van der Waals surface area contributed by atoms with E-state index in [1.807, 2.05) is 6.07 Å². The van der Waals surface area contributed by atoms with Crippen molar-refractivity contribution in [3.05, 3.63) is 29.3 Å². The molecule has 1 aromatic carbocycles. The summed E-state index contributed by atoms with van der Waals surface area (Å²) in [6.45, 7) is 3.85. The lowest BCUT2D eigenvalue weighted by atomic mass is 10.2. The SMILES string of the molecule is Cc1cc2c(cc1F)nc(CCl)n2C1CCN(C)C1. The van der Waals surface area contributed by atoms with Gasteiger partial charge in [-0.15, -0.1) is 11.6 Å². The summed E-state index contributed by atoms with van der Waals surface area (Å²) in [6, 6.07) is 3.77. The molecule has 1 saturated heterocycles. The van der Waals surface area contributed by atoms with Gasteiger partial charge in [0.05, 0.1) is 16.9 Å². The van der Waals surface area contributed by atoms with Crippen LogP contribution < -0.4 is 0 Å². The van der Waals surface area contributed by atoms with Crippen LogP contribution in [0, 0.1) is 12.7 Å². The molecule has 0 bridgehead atoms. The van der Waals surface area contributed by atoms with Crippen LogP contribution in [-0.4, -0.2) is 34.6 Å². The minimum Gasteiger partial charge on any atom is -0.322 e. The summed E-state index contributed by atoms with van der Waals surface area (Å²) in [4.78, 5) is 6.77. The Morgan fingerprint density at radius 1 is 1.47 bits per heavy atom. The zero-order valence-corrected chi connectivity index (χ0v) is 11.9. The zero-order chi connectivity index (χ0) is 13.6. The molecule has 3 nitrogen and oxygen atoms in total. The fraction of sp³-hybridized carbons (Fsp3) is 0.500. The highest BCUT2D eigenvalue weighted by Gasteiger charge is 2.25. The first-order chi connectivity index (χ1) is 9.10. The molecule has 1 aliphatic heterocycles. The van der Waals surface area contributed by atoms with Crippen molar-refractivity contribution in [3.8, 4) is 0 Å². The number of nitrogens with zero attached hydrogens (tertiary/aromatic N) is 3. The van der Waals surface area contributed by atoms with E-state index in [4.69, 9.17) is 11.6 Å². The second-order valence-electron chi connectivity index (χ2n) is 5.33. The number of likely N-dealkylation sites (tertiary alicyclic amines) is 1. The predicted molar refractivity (Wildman–Crippen MR) is 75.1 cm³/mol. The third kappa shape index (κ3) is 2.13. The Morgan fingerprint density at radius 2 is 2.26 bits per heavy atom. The highest BCUT2D eigenvalue weighted by Crippen LogP contribution is 2.29. The molecule has 1 aliphatic rings. The maximum Gasteiger partial charge on any atom is 0.128 e. The van der Waals surface area contributed by atoms with Crippen molar-refractivity contribution < 1.29 is 4.39 Å². The molecule has 1 unspecified atom stereocenters. The van der Waals surface area contributed by atoms with Crippen molar-refractivity contribution in [2.24, 2.45) is 0 Å². The lowest BCUT2D eigenvalue weighted by Crippen LogP contribution is -2.17. The molecule has 2 aromatic rings. The van der Waals surface area contributed by atoms with Crippen LogP contribution in [0.2, 0.25) is 0 Å². The van der Waals surface area contributed by atoms with Gasteiger partial charge < -0.3 is 9.47 Å². The Labute approximate surface area is 117 Å². The highest BCUT2D eigenvalue weighted by molar-refractivity contribution is 6.16. The summed E-state index contributed by atoms with van der Waals surface area (Å²) < 4.78 is 15.8. The number of fused-ring (bicyclic) bond motifs is 1. The number of alkyl halides is 1. The minimum atomic E-state index is -0.207. The van der Waals surface area contributed by atoms with E-state index in [2.05, 4.69) is 21.5 Å². The van der Waals surface area contributed by atoms with E-state index < -0.39 is 0 Å². The van der Waals surface area contributed by atoms with Gasteiger partial charge in [0.25, 0.3) is 0 Å². The monoisotopic (exact) mass is 281 g/mol. The summed E-state index contributed by atoms with van der Waals surface area (Å²) in [7, 11) is 2.12. The Bertz CT molecular complexity index is 623. The molecule has 1 aromatic heterocycles. The van der Waals surface area contributed by atoms with Crippen molar-refractivity contribution in [1.29, 1.82) is 0 Å². The first-order valence-electron chi connectivity index (χ1n) is 6.51. The van der Waals surface area contributed by atoms with Crippen molar-refractivity contribution in [2.75, 3.05) is 20.1 Å². The fourth-order valence-corrected chi connectivity index (χ4v) is 3.08. The predicted octanol–water partition coefficient (Wildman–Crippen LogP) is 3.10. The maximum absolute atomic E-state index is 13.6. The maximum atomic E-state index is 13.6. The van der Waals surface area contributed by atoms with Crippen LogP contribution in [-0.2, 0) is 5.88 Å². The van der Waals surface area contributed by atoms with Crippen molar-refractivity contribution >= 4 is 22.6 Å². The molecule has 3 rings (SSSR count). The standard InChI is InChI=1S/C14H17ClFN3/c1-9-5-13-12(6-11(9)16)17-14(7-15)19(13)10-3-4-18(2)8-10/h5-6,10H,3-4,7-8H2,1-2H3. The van der Waals surface area contributed by atoms with E-state index in [-0.39, 0.29) is 5.82 Å². The van der Waals surface area contributed by atoms with Gasteiger partial charge in [0.2, 0.25) is 0 Å². The third-order valence-corrected chi connectivity index (χ3v) is 4.13. The molecule has 0 saturated carbocycles. The zero-order valence-electron chi connectivity index (χ0n) is 11.2. The number of hydrogen-bond donors (Lipinski definition) is 0. The summed E-state index contributed by atoms with van der Waals surface area (Å²) in [5.41, 5.74) is 2.35. The lowest BCUT2D eigenvalue weighted by Gasteiger charge is -2.16. The van der Waals surface area contributed by atoms with Crippen LogP contribution >= 0.6 is 11.6 Å². The van der Waals surface area contributed by atoms with E-state index in [9.17, 15) is 4.39 Å². The van der Waals surface area contributed by atoms with Gasteiger partial charge >= 0.3 is 0 Å². The third-order valence-electron chi connectivity index (χ3n) is 3.89. The summed E-state index contributed by atoms with van der Waals surface area (Å²) >= 11 is 6.01. The van der Waals surface area contributed by atoms with Crippen LogP contribution in [0.25, 0.3) is 11.0 Å². The van der Waals surface area contributed by atoms with Crippen LogP contribution in [0.15, 0.2) is 12.1 Å². The second kappa shape index (κ2) is 4.76. The molecule has 0 spiro atoms. The Balaban J connectivity index is 2.18. The largest absolute Gasteiger partial charge is 0.322 e. The van der Waals surface area contributed by atoms with E-state index in [0.29, 0.717) is 23.0 Å². The Kier molecular flexibility index (Phi) is 3.23. The number of likely N-dealkylation sites (N-methyl/N-ethyl adjacent to an activating group) is 1. The summed E-state index contributed by atoms with van der Waals surface area (Å²) in [5.74, 6) is 0.985. The topological polar surface area (TPSA) is 21.1 Å². The van der Waals surface area contributed by atoms with Crippen LogP contribution in [0.3, 0.4) is 0 Å². The number of aromatic nitrogens is 2. The Hall–Kier alpha value is -1.13. The van der Waals surface area contributed by atoms with Gasteiger partial charge in [0, 0.05) is 18.7 Å². The van der Waals surface area contributed by atoms with Crippen LogP contribution in [0.5, 0.6) is 0 Å². The van der Waals surface area contributed by atoms with Gasteiger partial charge in [0.1, 0.15) is 11.6 Å². The molecular formula is C14H17ClFN3. The molecule has 19 heavy (non-hydrogen) atoms. The normalized spacial score (nSPS) is 20.5. The van der Waals surface area contributed by atoms with Gasteiger partial charge in [-0.3, -0.25) is 0 Å². The highest BCUT2D eigenvalue weighted by atomic mass is 35.5. The van der Waals surface area contributed by atoms with Crippen molar-refractivity contribution in [1.82, 2.24) is 14.5 Å². The van der Waals surface area contributed by atoms with Gasteiger partial charge in [-0.25, -0.2) is 9.37 Å². The Morgan fingerprint density at radius 3 is 2.89 bits per heavy atom. The number of hydrogen-bond acceptors (Lipinski definition) is 2. The number of imidazole rings is 1. The quantitative estimate of drug-likeness (QED) is 0.789. The van der Waals surface area contributed by atoms with E-state index in [1.54, 1.807) is 6.92 Å². The molecule has 5 heteroatoms. The molecule has 0 aliphatic carbocycles. The molecule has 0 amide bonds. The average molecular weight is 282 g/mol. The number of rotatable bonds is 2. The lowest BCUT2D eigenvalue weighted by molar-refractivity contribution is 0.393. The molecule has 1 fully saturated rings. The van der Waals surface area contributed by atoms with Gasteiger partial charge in [-0.1, -0.05) is 0 Å². The first-order valence-corrected chi connectivity index (χ1v) is 7.05. The minimum absolute atomic E-state index is 0.207. The van der Waals surface area contributed by atoms with E-state index in [0.717, 1.165) is 30.9 Å². The number of benzene rings is 1. The fourth-order valence-electron chi connectivity index (χ4n) is 2.89. The molecule has 102 valence electrons. The number of halogens is 2. The molecular weight excluding hydrogens is 265 g/mol. The number of aryl methyl sites for hydroxylation is 1. The molecule has 0 N–H and O–H groups in total. The van der Waals surface area contributed by atoms with Crippen LogP contribution in [0.4, 0.5) is 4.39 Å². The van der Waals surface area contributed by atoms with E-state index in [1.165, 1.54) is 6.07 Å². The van der Waals surface area contributed by atoms with Crippen LogP contribution in [0.1, 0.15) is 23.9 Å². The average Bonchev–Trinajstić information content (AvgIpc) is 2.93.